The van der Waals surface area contributed by atoms with Crippen LogP contribution in [0.5, 0.6) is 0 Å². The van der Waals surface area contributed by atoms with Crippen LogP contribution in [0.25, 0.3) is 11.1 Å². The van der Waals surface area contributed by atoms with Crippen LogP contribution in [0.1, 0.15) is 16.7 Å². The maximum atomic E-state index is 8.77. The van der Waals surface area contributed by atoms with Gasteiger partial charge in [0.25, 0.3) is 0 Å². The Bertz CT molecular complexity index is 590. The number of rotatable bonds is 1. The molecule has 0 heterocycles. The van der Waals surface area contributed by atoms with E-state index in [1.165, 1.54) is 11.1 Å². The Morgan fingerprint density at radius 1 is 0.941 bits per heavy atom. The average Bonchev–Trinajstić information content (AvgIpc) is 2.36. The molecule has 0 spiro atoms. The number of nitriles is 1. The first-order valence-electron chi connectivity index (χ1n) is 5.49. The first kappa shape index (κ1) is 11.2. The number of anilines is 1. The Balaban J connectivity index is 2.54. The Kier molecular flexibility index (Phi) is 2.84. The minimum Gasteiger partial charge on any atom is -0.399 e. The third-order valence-corrected chi connectivity index (χ3v) is 3.15. The average molecular weight is 222 g/mol. The zero-order chi connectivity index (χ0) is 12.4. The number of benzene rings is 2. The van der Waals surface area contributed by atoms with Crippen molar-refractivity contribution in [2.45, 2.75) is 13.8 Å². The molecule has 84 valence electrons. The fraction of sp³-hybridized carbons (Fsp3) is 0.133. The standard InChI is InChI=1S/C15H14N2/c1-10-11(2)15(17)8-7-14(10)13-5-3-12(9-16)4-6-13/h3-8H,17H2,1-2H3. The van der Waals surface area contributed by atoms with E-state index in [4.69, 9.17) is 11.0 Å². The van der Waals surface area contributed by atoms with E-state index in [-0.39, 0.29) is 0 Å². The van der Waals surface area contributed by atoms with Crippen molar-refractivity contribution >= 4 is 5.69 Å². The van der Waals surface area contributed by atoms with Gasteiger partial charge in [-0.05, 0) is 54.3 Å². The molecule has 0 amide bonds. The highest BCUT2D eigenvalue weighted by molar-refractivity contribution is 5.72. The summed E-state index contributed by atoms with van der Waals surface area (Å²) in [6.07, 6.45) is 0. The minimum absolute atomic E-state index is 0.679. The molecule has 2 aromatic rings. The zero-order valence-electron chi connectivity index (χ0n) is 9.99. The summed E-state index contributed by atoms with van der Waals surface area (Å²) in [7, 11) is 0. The molecule has 0 bridgehead atoms. The van der Waals surface area contributed by atoms with Crippen LogP contribution in [0.15, 0.2) is 36.4 Å². The van der Waals surface area contributed by atoms with Crippen LogP contribution < -0.4 is 5.73 Å². The predicted octanol–water partition coefficient (Wildman–Crippen LogP) is 3.42. The first-order chi connectivity index (χ1) is 8.13. The fourth-order valence-electron chi connectivity index (χ4n) is 1.88. The lowest BCUT2D eigenvalue weighted by atomic mass is 9.95. The van der Waals surface area contributed by atoms with E-state index in [2.05, 4.69) is 13.0 Å². The molecule has 2 rings (SSSR count). The molecule has 0 unspecified atom stereocenters. The highest BCUT2D eigenvalue weighted by Gasteiger charge is 2.06. The number of nitrogen functional groups attached to an aromatic ring is 1. The maximum Gasteiger partial charge on any atom is 0.0991 e. The van der Waals surface area contributed by atoms with Gasteiger partial charge < -0.3 is 5.73 Å². The van der Waals surface area contributed by atoms with E-state index >= 15 is 0 Å². The Morgan fingerprint density at radius 2 is 1.59 bits per heavy atom. The van der Waals surface area contributed by atoms with Crippen molar-refractivity contribution in [3.8, 4) is 17.2 Å². The summed E-state index contributed by atoms with van der Waals surface area (Å²) < 4.78 is 0. The van der Waals surface area contributed by atoms with Crippen molar-refractivity contribution < 1.29 is 0 Å². The molecule has 2 nitrogen and oxygen atoms in total. The Hall–Kier alpha value is -2.27. The molecule has 0 saturated heterocycles. The summed E-state index contributed by atoms with van der Waals surface area (Å²) in [5, 5.41) is 8.77. The summed E-state index contributed by atoms with van der Waals surface area (Å²) >= 11 is 0. The molecule has 0 aliphatic rings. The number of hydrogen-bond acceptors (Lipinski definition) is 2. The van der Waals surface area contributed by atoms with Crippen LogP contribution in [0.4, 0.5) is 5.69 Å². The van der Waals surface area contributed by atoms with Gasteiger partial charge in [0.2, 0.25) is 0 Å². The summed E-state index contributed by atoms with van der Waals surface area (Å²) in [6.45, 7) is 4.09. The molecule has 0 atom stereocenters. The van der Waals surface area contributed by atoms with Crippen molar-refractivity contribution in [1.82, 2.24) is 0 Å². The van der Waals surface area contributed by atoms with Gasteiger partial charge in [-0.2, -0.15) is 5.26 Å². The Labute approximate surface area is 101 Å². The summed E-state index contributed by atoms with van der Waals surface area (Å²) in [5.74, 6) is 0. The summed E-state index contributed by atoms with van der Waals surface area (Å²) in [5.41, 5.74) is 12.0. The maximum absolute atomic E-state index is 8.77. The lowest BCUT2D eigenvalue weighted by Gasteiger charge is -2.11. The second-order valence-electron chi connectivity index (χ2n) is 4.14. The molecular weight excluding hydrogens is 208 g/mol. The quantitative estimate of drug-likeness (QED) is 0.751. The van der Waals surface area contributed by atoms with E-state index in [1.807, 2.05) is 43.3 Å². The molecule has 2 N–H and O–H groups in total. The number of nitrogens with two attached hydrogens (primary N) is 1. The molecule has 2 aromatic carbocycles. The highest BCUT2D eigenvalue weighted by atomic mass is 14.6. The SMILES string of the molecule is Cc1c(N)ccc(-c2ccc(C#N)cc2)c1C. The third kappa shape index (κ3) is 2.00. The molecule has 0 radical (unpaired) electrons. The first-order valence-corrected chi connectivity index (χ1v) is 5.49. The van der Waals surface area contributed by atoms with Crippen LogP contribution >= 0.6 is 0 Å². The molecule has 0 aromatic heterocycles. The van der Waals surface area contributed by atoms with Crippen LogP contribution in [0, 0.1) is 25.2 Å². The van der Waals surface area contributed by atoms with Gasteiger partial charge >= 0.3 is 0 Å². The Morgan fingerprint density at radius 3 is 2.18 bits per heavy atom. The van der Waals surface area contributed by atoms with Crippen molar-refractivity contribution in [3.63, 3.8) is 0 Å². The van der Waals surface area contributed by atoms with Gasteiger partial charge in [0.15, 0.2) is 0 Å². The predicted molar refractivity (Wildman–Crippen MR) is 70.5 cm³/mol. The number of hydrogen-bond donors (Lipinski definition) is 1. The van der Waals surface area contributed by atoms with E-state index in [0.717, 1.165) is 16.8 Å². The molecule has 2 heteroatoms. The third-order valence-electron chi connectivity index (χ3n) is 3.15. The second kappa shape index (κ2) is 4.31. The van der Waals surface area contributed by atoms with Gasteiger partial charge in [-0.3, -0.25) is 0 Å². The van der Waals surface area contributed by atoms with Crippen molar-refractivity contribution in [2.75, 3.05) is 5.73 Å². The van der Waals surface area contributed by atoms with Crippen molar-refractivity contribution in [1.29, 1.82) is 5.26 Å². The summed E-state index contributed by atoms with van der Waals surface area (Å²) in [4.78, 5) is 0. The molecular formula is C15H14N2. The van der Waals surface area contributed by atoms with Gasteiger partial charge in [-0.15, -0.1) is 0 Å². The second-order valence-corrected chi connectivity index (χ2v) is 4.14. The highest BCUT2D eigenvalue weighted by Crippen LogP contribution is 2.28. The van der Waals surface area contributed by atoms with E-state index in [0.29, 0.717) is 5.56 Å². The molecule has 0 fully saturated rings. The van der Waals surface area contributed by atoms with Crippen LogP contribution in [-0.4, -0.2) is 0 Å². The normalized spacial score (nSPS) is 9.94. The van der Waals surface area contributed by atoms with E-state index < -0.39 is 0 Å². The van der Waals surface area contributed by atoms with Gasteiger partial charge in [-0.25, -0.2) is 0 Å². The zero-order valence-corrected chi connectivity index (χ0v) is 9.99. The smallest absolute Gasteiger partial charge is 0.0991 e. The van der Waals surface area contributed by atoms with Crippen LogP contribution in [0.3, 0.4) is 0 Å². The van der Waals surface area contributed by atoms with Gasteiger partial charge in [0.05, 0.1) is 11.6 Å². The lowest BCUT2D eigenvalue weighted by molar-refractivity contribution is 1.34. The topological polar surface area (TPSA) is 49.8 Å². The lowest BCUT2D eigenvalue weighted by Crippen LogP contribution is -1.94. The fourth-order valence-corrected chi connectivity index (χ4v) is 1.88. The minimum atomic E-state index is 0.679. The van der Waals surface area contributed by atoms with E-state index in [1.54, 1.807) is 0 Å². The van der Waals surface area contributed by atoms with Gasteiger partial charge in [-0.1, -0.05) is 18.2 Å². The summed E-state index contributed by atoms with van der Waals surface area (Å²) in [6, 6.07) is 13.7. The molecule has 0 aliphatic heterocycles. The molecule has 17 heavy (non-hydrogen) atoms. The largest absolute Gasteiger partial charge is 0.399 e. The van der Waals surface area contributed by atoms with Gasteiger partial charge in [0.1, 0.15) is 0 Å². The van der Waals surface area contributed by atoms with Crippen molar-refractivity contribution in [2.24, 2.45) is 0 Å². The number of nitrogens with zero attached hydrogens (tertiary/aromatic N) is 1. The van der Waals surface area contributed by atoms with Crippen molar-refractivity contribution in [3.05, 3.63) is 53.1 Å². The molecule has 0 aliphatic carbocycles. The van der Waals surface area contributed by atoms with Crippen LogP contribution in [-0.2, 0) is 0 Å². The van der Waals surface area contributed by atoms with E-state index in [9.17, 15) is 0 Å². The van der Waals surface area contributed by atoms with Crippen LogP contribution in [0.2, 0.25) is 0 Å². The monoisotopic (exact) mass is 222 g/mol. The van der Waals surface area contributed by atoms with Gasteiger partial charge in [0, 0.05) is 5.69 Å². The molecule has 0 saturated carbocycles.